The summed E-state index contributed by atoms with van der Waals surface area (Å²) in [6, 6.07) is 7.49. The van der Waals surface area contributed by atoms with Gasteiger partial charge in [-0.05, 0) is 51.0 Å². The summed E-state index contributed by atoms with van der Waals surface area (Å²) in [5.41, 5.74) is 0.836. The van der Waals surface area contributed by atoms with Crippen LogP contribution in [0.25, 0.3) is 11.5 Å². The third-order valence-corrected chi connectivity index (χ3v) is 6.59. The molecule has 1 aliphatic rings. The molecule has 0 saturated carbocycles. The number of likely N-dealkylation sites (tertiary alicyclic amines) is 1. The Morgan fingerprint density at radius 3 is 2.69 bits per heavy atom. The zero-order valence-electron chi connectivity index (χ0n) is 18.7. The molecule has 9 nitrogen and oxygen atoms in total. The van der Waals surface area contributed by atoms with Gasteiger partial charge in [0.2, 0.25) is 17.7 Å². The summed E-state index contributed by atoms with van der Waals surface area (Å²) in [6.45, 7) is 6.06. The third-order valence-electron chi connectivity index (χ3n) is 5.52. The molecule has 1 atom stereocenters. The number of nitrogens with zero attached hydrogens (tertiary/aromatic N) is 6. The number of hydrogen-bond donors (Lipinski definition) is 0. The van der Waals surface area contributed by atoms with E-state index < -0.39 is 0 Å². The highest BCUT2D eigenvalue weighted by Gasteiger charge is 2.23. The second-order valence-corrected chi connectivity index (χ2v) is 9.01. The fourth-order valence-electron chi connectivity index (χ4n) is 3.67. The van der Waals surface area contributed by atoms with Gasteiger partial charge in [0.1, 0.15) is 5.75 Å². The second-order valence-electron chi connectivity index (χ2n) is 7.70. The number of thioether (sulfide) groups is 1. The van der Waals surface area contributed by atoms with E-state index in [1.807, 2.05) is 36.1 Å². The largest absolute Gasteiger partial charge is 0.497 e. The first-order valence-electron chi connectivity index (χ1n) is 10.9. The summed E-state index contributed by atoms with van der Waals surface area (Å²) in [6.07, 6.45) is 3.73. The molecule has 1 aliphatic heterocycles. The minimum atomic E-state index is -0.100. The lowest BCUT2D eigenvalue weighted by Crippen LogP contribution is -2.31. The Labute approximate surface area is 191 Å². The molecule has 1 fully saturated rings. The summed E-state index contributed by atoms with van der Waals surface area (Å²) in [7, 11) is 1.63. The molecular formula is C22H28N6O3S. The maximum atomic E-state index is 12.4. The molecule has 0 N–H and O–H groups in total. The molecule has 1 aromatic carbocycles. The highest BCUT2D eigenvalue weighted by Crippen LogP contribution is 2.35. The van der Waals surface area contributed by atoms with Gasteiger partial charge in [0, 0.05) is 25.1 Å². The van der Waals surface area contributed by atoms with E-state index in [1.54, 1.807) is 7.11 Å². The predicted octanol–water partition coefficient (Wildman–Crippen LogP) is 4.11. The van der Waals surface area contributed by atoms with Crippen LogP contribution in [0, 0.1) is 0 Å². The quantitative estimate of drug-likeness (QED) is 0.467. The van der Waals surface area contributed by atoms with Gasteiger partial charge in [-0.25, -0.2) is 0 Å². The maximum absolute atomic E-state index is 12.4. The monoisotopic (exact) mass is 456 g/mol. The van der Waals surface area contributed by atoms with Crippen molar-refractivity contribution in [3.63, 3.8) is 0 Å². The summed E-state index contributed by atoms with van der Waals surface area (Å²) in [5, 5.41) is 17.9. The van der Waals surface area contributed by atoms with Crippen LogP contribution in [0.2, 0.25) is 0 Å². The lowest BCUT2D eigenvalue weighted by atomic mass is 10.2. The van der Waals surface area contributed by atoms with Crippen LogP contribution in [-0.2, 0) is 17.9 Å². The van der Waals surface area contributed by atoms with Crippen molar-refractivity contribution in [1.29, 1.82) is 0 Å². The number of ether oxygens (including phenoxy) is 1. The number of hydrogen-bond acceptors (Lipinski definition) is 8. The number of carbonyl (C=O) groups is 1. The number of amides is 1. The van der Waals surface area contributed by atoms with Gasteiger partial charge >= 0.3 is 0 Å². The SMILES string of the molecule is CCn1c(CN2CCCCCC2=O)nnc1SC(C)c1nnc(-c2ccc(OC)cc2)o1. The smallest absolute Gasteiger partial charge is 0.247 e. The fourth-order valence-corrected chi connectivity index (χ4v) is 4.64. The Bertz CT molecular complexity index is 1050. The van der Waals surface area contributed by atoms with E-state index in [9.17, 15) is 4.79 Å². The molecule has 4 rings (SSSR count). The summed E-state index contributed by atoms with van der Waals surface area (Å²) in [5.74, 6) is 2.77. The molecule has 0 aliphatic carbocycles. The molecule has 1 saturated heterocycles. The number of rotatable bonds is 8. The van der Waals surface area contributed by atoms with Crippen molar-refractivity contribution in [2.75, 3.05) is 13.7 Å². The molecule has 1 amide bonds. The van der Waals surface area contributed by atoms with Gasteiger partial charge in [-0.3, -0.25) is 4.79 Å². The standard InChI is InChI=1S/C22H28N6O3S/c1-4-28-18(14-27-13-7-5-6-8-19(27)29)23-26-22(28)32-15(2)20-24-25-21(31-20)16-9-11-17(30-3)12-10-16/h9-12,15H,4-8,13-14H2,1-3H3. The van der Waals surface area contributed by atoms with Crippen LogP contribution in [0.3, 0.4) is 0 Å². The lowest BCUT2D eigenvalue weighted by Gasteiger charge is -2.20. The van der Waals surface area contributed by atoms with E-state index in [1.165, 1.54) is 11.8 Å². The summed E-state index contributed by atoms with van der Waals surface area (Å²) < 4.78 is 13.2. The molecule has 3 heterocycles. The van der Waals surface area contributed by atoms with Gasteiger partial charge < -0.3 is 18.6 Å². The highest BCUT2D eigenvalue weighted by atomic mass is 32.2. The van der Waals surface area contributed by atoms with Crippen LogP contribution in [0.1, 0.15) is 56.5 Å². The van der Waals surface area contributed by atoms with Gasteiger partial charge in [0.05, 0.1) is 18.9 Å². The van der Waals surface area contributed by atoms with E-state index in [-0.39, 0.29) is 11.2 Å². The second kappa shape index (κ2) is 10.2. The Hall–Kier alpha value is -2.88. The van der Waals surface area contributed by atoms with E-state index in [4.69, 9.17) is 9.15 Å². The van der Waals surface area contributed by atoms with Crippen molar-refractivity contribution < 1.29 is 13.9 Å². The molecule has 170 valence electrons. The molecule has 2 aromatic heterocycles. The normalized spacial score (nSPS) is 15.6. The first-order valence-corrected chi connectivity index (χ1v) is 11.8. The lowest BCUT2D eigenvalue weighted by molar-refractivity contribution is -0.131. The first kappa shape index (κ1) is 22.3. The average Bonchev–Trinajstić information content (AvgIpc) is 3.40. The third kappa shape index (κ3) is 4.95. The Morgan fingerprint density at radius 2 is 1.94 bits per heavy atom. The van der Waals surface area contributed by atoms with Crippen LogP contribution in [-0.4, -0.2) is 49.4 Å². The minimum absolute atomic E-state index is 0.100. The number of benzene rings is 1. The molecule has 0 radical (unpaired) electrons. The number of aromatic nitrogens is 5. The van der Waals surface area contributed by atoms with E-state index in [2.05, 4.69) is 31.9 Å². The van der Waals surface area contributed by atoms with Crippen molar-refractivity contribution in [2.45, 2.75) is 63.0 Å². The van der Waals surface area contributed by atoms with Crippen molar-refractivity contribution in [1.82, 2.24) is 29.9 Å². The van der Waals surface area contributed by atoms with Crippen molar-refractivity contribution >= 4 is 17.7 Å². The van der Waals surface area contributed by atoms with E-state index >= 15 is 0 Å². The van der Waals surface area contributed by atoms with Gasteiger partial charge in [0.15, 0.2) is 11.0 Å². The zero-order chi connectivity index (χ0) is 22.5. The fraction of sp³-hybridized carbons (Fsp3) is 0.500. The molecule has 1 unspecified atom stereocenters. The van der Waals surface area contributed by atoms with Crippen LogP contribution < -0.4 is 4.74 Å². The van der Waals surface area contributed by atoms with Crippen molar-refractivity contribution in [2.24, 2.45) is 0 Å². The topological polar surface area (TPSA) is 99.2 Å². The Kier molecular flexibility index (Phi) is 7.09. The van der Waals surface area contributed by atoms with Gasteiger partial charge in [-0.15, -0.1) is 20.4 Å². The maximum Gasteiger partial charge on any atom is 0.247 e. The van der Waals surface area contributed by atoms with Crippen molar-refractivity contribution in [3.05, 3.63) is 36.0 Å². The van der Waals surface area contributed by atoms with E-state index in [0.29, 0.717) is 24.7 Å². The number of carbonyl (C=O) groups excluding carboxylic acids is 1. The van der Waals surface area contributed by atoms with Gasteiger partial charge in [0.25, 0.3) is 0 Å². The average molecular weight is 457 g/mol. The number of methoxy groups -OCH3 is 1. The van der Waals surface area contributed by atoms with Crippen LogP contribution in [0.15, 0.2) is 33.8 Å². The van der Waals surface area contributed by atoms with Gasteiger partial charge in [-0.1, -0.05) is 18.2 Å². The van der Waals surface area contributed by atoms with Crippen LogP contribution in [0.5, 0.6) is 5.75 Å². The Balaban J connectivity index is 1.45. The van der Waals surface area contributed by atoms with Gasteiger partial charge in [-0.2, -0.15) is 0 Å². The minimum Gasteiger partial charge on any atom is -0.497 e. The van der Waals surface area contributed by atoms with Crippen LogP contribution in [0.4, 0.5) is 0 Å². The molecule has 0 bridgehead atoms. The summed E-state index contributed by atoms with van der Waals surface area (Å²) >= 11 is 1.52. The predicted molar refractivity (Wildman–Crippen MR) is 120 cm³/mol. The molecule has 32 heavy (non-hydrogen) atoms. The van der Waals surface area contributed by atoms with E-state index in [0.717, 1.165) is 54.6 Å². The first-order chi connectivity index (χ1) is 15.6. The Morgan fingerprint density at radius 1 is 1.12 bits per heavy atom. The molecule has 10 heteroatoms. The summed E-state index contributed by atoms with van der Waals surface area (Å²) in [4.78, 5) is 14.3. The zero-order valence-corrected chi connectivity index (χ0v) is 19.5. The molecular weight excluding hydrogens is 428 g/mol. The van der Waals surface area contributed by atoms with Crippen molar-refractivity contribution in [3.8, 4) is 17.2 Å². The molecule has 0 spiro atoms. The molecule has 3 aromatic rings. The van der Waals surface area contributed by atoms with Crippen LogP contribution >= 0.6 is 11.8 Å². The highest BCUT2D eigenvalue weighted by molar-refractivity contribution is 7.99.